The molecule has 0 fully saturated rings. The summed E-state index contributed by atoms with van der Waals surface area (Å²) in [5.74, 6) is 1.76. The van der Waals surface area contributed by atoms with Crippen molar-refractivity contribution >= 4 is 5.97 Å². The van der Waals surface area contributed by atoms with Crippen molar-refractivity contribution in [1.82, 2.24) is 0 Å². The van der Waals surface area contributed by atoms with Crippen molar-refractivity contribution in [2.45, 2.75) is 13.3 Å². The summed E-state index contributed by atoms with van der Waals surface area (Å²) in [5, 5.41) is 8.96. The third-order valence-corrected chi connectivity index (χ3v) is 2.41. The molecule has 0 aliphatic carbocycles. The maximum Gasteiger partial charge on any atom is 0.323 e. The molecule has 0 bridgehead atoms. The Morgan fingerprint density at radius 2 is 2.11 bits per heavy atom. The highest BCUT2D eigenvalue weighted by Crippen LogP contribution is 2.15. The summed E-state index contributed by atoms with van der Waals surface area (Å²) in [7, 11) is 0. The number of hydrogen-bond donors (Lipinski definition) is 0. The second-order valence-corrected chi connectivity index (χ2v) is 3.77. The SMILES string of the molecule is C#CCOc1ccc(CC(C#N)C(=O)OCC)cc1. The molecule has 4 nitrogen and oxygen atoms in total. The van der Waals surface area contributed by atoms with Gasteiger partial charge < -0.3 is 9.47 Å². The van der Waals surface area contributed by atoms with Gasteiger partial charge in [-0.1, -0.05) is 18.1 Å². The molecule has 0 saturated carbocycles. The Labute approximate surface area is 112 Å². The van der Waals surface area contributed by atoms with Crippen molar-refractivity contribution in [3.63, 3.8) is 0 Å². The summed E-state index contributed by atoms with van der Waals surface area (Å²) in [5.41, 5.74) is 0.868. The molecular formula is C15H15NO3. The quantitative estimate of drug-likeness (QED) is 0.577. The zero-order valence-electron chi connectivity index (χ0n) is 10.8. The van der Waals surface area contributed by atoms with Gasteiger partial charge in [-0.2, -0.15) is 5.26 Å². The molecule has 0 N–H and O–H groups in total. The number of carbonyl (C=O) groups is 1. The van der Waals surface area contributed by atoms with Gasteiger partial charge in [0.15, 0.2) is 0 Å². The molecule has 98 valence electrons. The lowest BCUT2D eigenvalue weighted by atomic mass is 10.0. The molecule has 1 aromatic rings. The Balaban J connectivity index is 2.64. The third kappa shape index (κ3) is 4.73. The number of esters is 1. The minimum absolute atomic E-state index is 0.211. The summed E-state index contributed by atoms with van der Waals surface area (Å²) >= 11 is 0. The summed E-state index contributed by atoms with van der Waals surface area (Å²) in [4.78, 5) is 11.5. The lowest BCUT2D eigenvalue weighted by Gasteiger charge is -2.09. The predicted molar refractivity (Wildman–Crippen MR) is 70.2 cm³/mol. The fraction of sp³-hybridized carbons (Fsp3) is 0.333. The average molecular weight is 257 g/mol. The fourth-order valence-electron chi connectivity index (χ4n) is 1.51. The highest BCUT2D eigenvalue weighted by atomic mass is 16.5. The van der Waals surface area contributed by atoms with E-state index in [2.05, 4.69) is 5.92 Å². The van der Waals surface area contributed by atoms with Crippen LogP contribution in [0.2, 0.25) is 0 Å². The Kier molecular flexibility index (Phi) is 5.98. The van der Waals surface area contributed by atoms with Crippen LogP contribution >= 0.6 is 0 Å². The third-order valence-electron chi connectivity index (χ3n) is 2.41. The maximum atomic E-state index is 11.5. The molecule has 0 aliphatic rings. The van der Waals surface area contributed by atoms with Gasteiger partial charge in [-0.3, -0.25) is 4.79 Å². The standard InChI is InChI=1S/C15H15NO3/c1-3-9-19-14-7-5-12(6-8-14)10-13(11-16)15(17)18-4-2/h1,5-8,13H,4,9-10H2,2H3. The Bertz CT molecular complexity index is 494. The number of terminal acetylenes is 1. The van der Waals surface area contributed by atoms with Gasteiger partial charge in [0, 0.05) is 0 Å². The zero-order chi connectivity index (χ0) is 14.1. The first-order valence-corrected chi connectivity index (χ1v) is 5.92. The van der Waals surface area contributed by atoms with Crippen molar-refractivity contribution in [3.05, 3.63) is 29.8 Å². The van der Waals surface area contributed by atoms with E-state index in [-0.39, 0.29) is 13.2 Å². The number of ether oxygens (including phenoxy) is 2. The molecule has 4 heteroatoms. The molecule has 1 unspecified atom stereocenters. The second kappa shape index (κ2) is 7.79. The van der Waals surface area contributed by atoms with E-state index in [0.29, 0.717) is 12.2 Å². The van der Waals surface area contributed by atoms with E-state index in [1.165, 1.54) is 0 Å². The highest BCUT2D eigenvalue weighted by Gasteiger charge is 2.19. The molecule has 1 atom stereocenters. The number of nitriles is 1. The summed E-state index contributed by atoms with van der Waals surface area (Å²) in [6.45, 7) is 2.20. The summed E-state index contributed by atoms with van der Waals surface area (Å²) in [6.07, 6.45) is 5.41. The minimum Gasteiger partial charge on any atom is -0.481 e. The van der Waals surface area contributed by atoms with Crippen molar-refractivity contribution in [3.8, 4) is 24.2 Å². The molecule has 1 aromatic carbocycles. The van der Waals surface area contributed by atoms with E-state index in [4.69, 9.17) is 21.2 Å². The Hall–Kier alpha value is -2.46. The highest BCUT2D eigenvalue weighted by molar-refractivity contribution is 5.75. The largest absolute Gasteiger partial charge is 0.481 e. The van der Waals surface area contributed by atoms with Gasteiger partial charge in [-0.25, -0.2) is 0 Å². The van der Waals surface area contributed by atoms with Crippen LogP contribution in [0.3, 0.4) is 0 Å². The first-order valence-electron chi connectivity index (χ1n) is 5.92. The molecular weight excluding hydrogens is 242 g/mol. The molecule has 0 amide bonds. The van der Waals surface area contributed by atoms with Crippen LogP contribution in [0.15, 0.2) is 24.3 Å². The van der Waals surface area contributed by atoms with Crippen molar-refractivity contribution in [1.29, 1.82) is 5.26 Å². The topological polar surface area (TPSA) is 59.3 Å². The monoisotopic (exact) mass is 257 g/mol. The molecule has 0 radical (unpaired) electrons. The van der Waals surface area contributed by atoms with E-state index in [1.54, 1.807) is 31.2 Å². The molecule has 0 spiro atoms. The van der Waals surface area contributed by atoms with Gasteiger partial charge >= 0.3 is 5.97 Å². The number of hydrogen-bond acceptors (Lipinski definition) is 4. The smallest absolute Gasteiger partial charge is 0.323 e. The number of nitrogens with zero attached hydrogens (tertiary/aromatic N) is 1. The van der Waals surface area contributed by atoms with E-state index in [0.717, 1.165) is 5.56 Å². The normalized spacial score (nSPS) is 10.9. The molecule has 0 heterocycles. The molecule has 0 aromatic heterocycles. The van der Waals surface area contributed by atoms with Gasteiger partial charge in [-0.05, 0) is 31.0 Å². The van der Waals surface area contributed by atoms with E-state index in [1.807, 2.05) is 6.07 Å². The van der Waals surface area contributed by atoms with E-state index < -0.39 is 11.9 Å². The van der Waals surface area contributed by atoms with Crippen LogP contribution in [0.25, 0.3) is 0 Å². The Morgan fingerprint density at radius 3 is 2.63 bits per heavy atom. The second-order valence-electron chi connectivity index (χ2n) is 3.77. The van der Waals surface area contributed by atoms with Crippen LogP contribution < -0.4 is 4.74 Å². The van der Waals surface area contributed by atoms with Gasteiger partial charge in [0.05, 0.1) is 12.7 Å². The van der Waals surface area contributed by atoms with E-state index in [9.17, 15) is 4.79 Å². The number of carbonyl (C=O) groups excluding carboxylic acids is 1. The molecule has 19 heavy (non-hydrogen) atoms. The molecule has 0 aliphatic heterocycles. The van der Waals surface area contributed by atoms with Gasteiger partial charge in [0.2, 0.25) is 0 Å². The van der Waals surface area contributed by atoms with Crippen molar-refractivity contribution in [2.75, 3.05) is 13.2 Å². The average Bonchev–Trinajstić information content (AvgIpc) is 2.44. The minimum atomic E-state index is -0.780. The molecule has 1 rings (SSSR count). The predicted octanol–water partition coefficient (Wildman–Crippen LogP) is 1.94. The van der Waals surface area contributed by atoms with Crippen molar-refractivity contribution in [2.24, 2.45) is 5.92 Å². The summed E-state index contributed by atoms with van der Waals surface area (Å²) in [6, 6.07) is 9.07. The molecule has 0 saturated heterocycles. The van der Waals surface area contributed by atoms with Crippen molar-refractivity contribution < 1.29 is 14.3 Å². The van der Waals surface area contributed by atoms with Crippen LogP contribution in [0.4, 0.5) is 0 Å². The Morgan fingerprint density at radius 1 is 1.42 bits per heavy atom. The first-order chi connectivity index (χ1) is 9.21. The fourth-order valence-corrected chi connectivity index (χ4v) is 1.51. The van der Waals surface area contributed by atoms with E-state index >= 15 is 0 Å². The lowest BCUT2D eigenvalue weighted by molar-refractivity contribution is -0.145. The lowest BCUT2D eigenvalue weighted by Crippen LogP contribution is -2.18. The zero-order valence-corrected chi connectivity index (χ0v) is 10.8. The van der Waals surface area contributed by atoms with Crippen LogP contribution in [-0.2, 0) is 16.0 Å². The van der Waals surface area contributed by atoms with Crippen LogP contribution in [0, 0.1) is 29.6 Å². The van der Waals surface area contributed by atoms with Gasteiger partial charge in [-0.15, -0.1) is 6.42 Å². The summed E-state index contributed by atoms with van der Waals surface area (Å²) < 4.78 is 10.1. The van der Waals surface area contributed by atoms with Gasteiger partial charge in [0.25, 0.3) is 0 Å². The van der Waals surface area contributed by atoms with Crippen LogP contribution in [-0.4, -0.2) is 19.2 Å². The number of benzene rings is 1. The maximum absolute atomic E-state index is 11.5. The van der Waals surface area contributed by atoms with Crippen LogP contribution in [0.5, 0.6) is 5.75 Å². The van der Waals surface area contributed by atoms with Crippen LogP contribution in [0.1, 0.15) is 12.5 Å². The number of rotatable bonds is 6. The van der Waals surface area contributed by atoms with Gasteiger partial charge in [0.1, 0.15) is 18.3 Å². The first kappa shape index (κ1) is 14.6.